The molecule has 3 nitrogen and oxygen atoms in total. The van der Waals surface area contributed by atoms with Crippen molar-refractivity contribution in [3.63, 3.8) is 0 Å². The molecule has 0 heterocycles. The molecule has 0 aromatic rings. The zero-order valence-corrected chi connectivity index (χ0v) is 10.7. The highest BCUT2D eigenvalue weighted by Gasteiger charge is 2.14. The maximum atomic E-state index is 11.2. The van der Waals surface area contributed by atoms with Crippen molar-refractivity contribution in [2.45, 2.75) is 40.2 Å². The largest absolute Gasteiger partial charge is 0.499 e. The fourth-order valence-corrected chi connectivity index (χ4v) is 1.25. The maximum Gasteiger partial charge on any atom is 0.333 e. The molecular formula is C13H22O3. The lowest BCUT2D eigenvalue weighted by atomic mass is 10.1. The molecule has 0 aliphatic heterocycles. The minimum Gasteiger partial charge on any atom is -0.499 e. The number of rotatable bonds is 7. The number of hydrogen-bond acceptors (Lipinski definition) is 3. The van der Waals surface area contributed by atoms with Crippen molar-refractivity contribution in [2.75, 3.05) is 6.61 Å². The third kappa shape index (κ3) is 7.10. The number of hydrogen-bond donors (Lipinski definition) is 0. The number of ether oxygens (including phenoxy) is 2. The molecule has 0 saturated heterocycles. The highest BCUT2D eigenvalue weighted by molar-refractivity contribution is 5.87. The van der Waals surface area contributed by atoms with E-state index in [1.165, 1.54) is 0 Å². The van der Waals surface area contributed by atoms with Gasteiger partial charge in [-0.1, -0.05) is 20.1 Å². The Morgan fingerprint density at radius 3 is 2.25 bits per heavy atom. The van der Waals surface area contributed by atoms with Gasteiger partial charge in [0.2, 0.25) is 0 Å². The second-order valence-electron chi connectivity index (χ2n) is 4.35. The molecule has 0 spiro atoms. The third-order valence-electron chi connectivity index (χ3n) is 2.01. The second kappa shape index (κ2) is 7.09. The molecule has 0 saturated carbocycles. The maximum absolute atomic E-state index is 11.2. The Morgan fingerprint density at radius 1 is 1.25 bits per heavy atom. The normalized spacial score (nSPS) is 13.8. The van der Waals surface area contributed by atoms with Gasteiger partial charge in [-0.25, -0.2) is 4.79 Å². The molecule has 0 aliphatic rings. The Balaban J connectivity index is 3.86. The first-order valence-corrected chi connectivity index (χ1v) is 5.47. The van der Waals surface area contributed by atoms with Crippen LogP contribution in [0.2, 0.25) is 0 Å². The van der Waals surface area contributed by atoms with Crippen molar-refractivity contribution in [2.24, 2.45) is 5.92 Å². The Kier molecular flexibility index (Phi) is 6.54. The van der Waals surface area contributed by atoms with E-state index in [2.05, 4.69) is 13.2 Å². The lowest BCUT2D eigenvalue weighted by molar-refractivity contribution is -0.144. The summed E-state index contributed by atoms with van der Waals surface area (Å²) in [6, 6.07) is 0. The van der Waals surface area contributed by atoms with E-state index in [9.17, 15) is 4.79 Å². The molecule has 92 valence electrons. The molecule has 0 rings (SSSR count). The minimum atomic E-state index is -0.333. The van der Waals surface area contributed by atoms with Gasteiger partial charge in [0.1, 0.15) is 0 Å². The van der Waals surface area contributed by atoms with Gasteiger partial charge in [-0.15, -0.1) is 0 Å². The summed E-state index contributed by atoms with van der Waals surface area (Å²) in [4.78, 5) is 11.2. The quantitative estimate of drug-likeness (QED) is 0.380. The van der Waals surface area contributed by atoms with E-state index >= 15 is 0 Å². The first kappa shape index (κ1) is 14.8. The van der Waals surface area contributed by atoms with Gasteiger partial charge in [0.05, 0.1) is 18.5 Å². The summed E-state index contributed by atoms with van der Waals surface area (Å²) in [6.45, 7) is 15.2. The molecule has 0 amide bonds. The van der Waals surface area contributed by atoms with Gasteiger partial charge in [0.15, 0.2) is 0 Å². The molecule has 2 unspecified atom stereocenters. The Labute approximate surface area is 98.1 Å². The zero-order chi connectivity index (χ0) is 12.7. The van der Waals surface area contributed by atoms with Crippen LogP contribution in [0.4, 0.5) is 0 Å². The van der Waals surface area contributed by atoms with Crippen LogP contribution in [-0.4, -0.2) is 18.7 Å². The van der Waals surface area contributed by atoms with Gasteiger partial charge in [0.25, 0.3) is 0 Å². The minimum absolute atomic E-state index is 0.118. The SMILES string of the molecule is C=C(C)OCC(C)CC(C)OC(=O)C(=C)C. The van der Waals surface area contributed by atoms with Crippen molar-refractivity contribution in [3.05, 3.63) is 24.5 Å². The number of carbonyl (C=O) groups is 1. The van der Waals surface area contributed by atoms with E-state index in [1.54, 1.807) is 6.92 Å². The fraction of sp³-hybridized carbons (Fsp3) is 0.615. The van der Waals surface area contributed by atoms with Crippen LogP contribution in [0.3, 0.4) is 0 Å². The van der Waals surface area contributed by atoms with E-state index < -0.39 is 0 Å². The monoisotopic (exact) mass is 226 g/mol. The lowest BCUT2D eigenvalue weighted by Gasteiger charge is -2.18. The molecule has 16 heavy (non-hydrogen) atoms. The van der Waals surface area contributed by atoms with E-state index in [0.717, 1.165) is 6.42 Å². The van der Waals surface area contributed by atoms with Crippen LogP contribution in [0.5, 0.6) is 0 Å². The van der Waals surface area contributed by atoms with Crippen molar-refractivity contribution < 1.29 is 14.3 Å². The van der Waals surface area contributed by atoms with Crippen molar-refractivity contribution >= 4 is 5.97 Å². The van der Waals surface area contributed by atoms with Gasteiger partial charge >= 0.3 is 5.97 Å². The van der Waals surface area contributed by atoms with E-state index in [0.29, 0.717) is 23.9 Å². The molecule has 2 atom stereocenters. The lowest BCUT2D eigenvalue weighted by Crippen LogP contribution is -2.19. The van der Waals surface area contributed by atoms with Crippen molar-refractivity contribution in [1.82, 2.24) is 0 Å². The van der Waals surface area contributed by atoms with Crippen molar-refractivity contribution in [3.8, 4) is 0 Å². The molecular weight excluding hydrogens is 204 g/mol. The Bertz CT molecular complexity index is 268. The summed E-state index contributed by atoms with van der Waals surface area (Å²) in [7, 11) is 0. The second-order valence-corrected chi connectivity index (χ2v) is 4.35. The van der Waals surface area contributed by atoms with E-state index in [1.807, 2.05) is 20.8 Å². The number of esters is 1. The standard InChI is InChI=1S/C13H22O3/c1-9(2)13(14)16-12(6)7-11(5)8-15-10(3)4/h11-12H,1,3,7-8H2,2,4-6H3. The van der Waals surface area contributed by atoms with Gasteiger partial charge in [-0.05, 0) is 33.1 Å². The van der Waals surface area contributed by atoms with E-state index in [4.69, 9.17) is 9.47 Å². The number of carbonyl (C=O) groups excluding carboxylic acids is 1. The van der Waals surface area contributed by atoms with Crippen LogP contribution < -0.4 is 0 Å². The Hall–Kier alpha value is -1.25. The van der Waals surface area contributed by atoms with Crippen LogP contribution >= 0.6 is 0 Å². The zero-order valence-electron chi connectivity index (χ0n) is 10.7. The molecule has 0 aliphatic carbocycles. The van der Waals surface area contributed by atoms with Crippen molar-refractivity contribution in [1.29, 1.82) is 0 Å². The summed E-state index contributed by atoms with van der Waals surface area (Å²) in [5, 5.41) is 0. The fourth-order valence-electron chi connectivity index (χ4n) is 1.25. The van der Waals surface area contributed by atoms with Crippen LogP contribution in [0, 0.1) is 5.92 Å². The summed E-state index contributed by atoms with van der Waals surface area (Å²) in [6.07, 6.45) is 0.652. The Morgan fingerprint density at radius 2 is 1.81 bits per heavy atom. The van der Waals surface area contributed by atoms with Gasteiger partial charge < -0.3 is 9.47 Å². The topological polar surface area (TPSA) is 35.5 Å². The molecule has 0 radical (unpaired) electrons. The van der Waals surface area contributed by atoms with Gasteiger partial charge in [0, 0.05) is 5.57 Å². The molecule has 0 bridgehead atoms. The van der Waals surface area contributed by atoms with E-state index in [-0.39, 0.29) is 12.1 Å². The molecule has 3 heteroatoms. The highest BCUT2D eigenvalue weighted by Crippen LogP contribution is 2.11. The molecule has 0 N–H and O–H groups in total. The molecule has 0 aromatic carbocycles. The van der Waals surface area contributed by atoms with Crippen LogP contribution in [-0.2, 0) is 14.3 Å². The smallest absolute Gasteiger partial charge is 0.333 e. The molecule has 0 aromatic heterocycles. The van der Waals surface area contributed by atoms with Gasteiger partial charge in [-0.2, -0.15) is 0 Å². The summed E-state index contributed by atoms with van der Waals surface area (Å²) in [5.41, 5.74) is 0.428. The predicted molar refractivity (Wildman–Crippen MR) is 64.9 cm³/mol. The summed E-state index contributed by atoms with van der Waals surface area (Å²) >= 11 is 0. The van der Waals surface area contributed by atoms with Gasteiger partial charge in [-0.3, -0.25) is 0 Å². The summed E-state index contributed by atoms with van der Waals surface area (Å²) < 4.78 is 10.5. The third-order valence-corrected chi connectivity index (χ3v) is 2.01. The first-order valence-electron chi connectivity index (χ1n) is 5.47. The highest BCUT2D eigenvalue weighted by atomic mass is 16.5. The van der Waals surface area contributed by atoms with Crippen LogP contribution in [0.1, 0.15) is 34.1 Å². The van der Waals surface area contributed by atoms with Crippen LogP contribution in [0.25, 0.3) is 0 Å². The average Bonchev–Trinajstić information content (AvgIpc) is 2.14. The summed E-state index contributed by atoms with van der Waals surface area (Å²) in [5.74, 6) is 0.698. The first-order chi connectivity index (χ1) is 7.32. The predicted octanol–water partition coefficient (Wildman–Crippen LogP) is 3.07. The van der Waals surface area contributed by atoms with Crippen LogP contribution in [0.15, 0.2) is 24.5 Å². The number of allylic oxidation sites excluding steroid dienone is 1. The molecule has 0 fully saturated rings. The average molecular weight is 226 g/mol.